The summed E-state index contributed by atoms with van der Waals surface area (Å²) in [4.78, 5) is 18.9. The molecule has 1 amide bonds. The van der Waals surface area contributed by atoms with E-state index in [1.807, 2.05) is 24.3 Å². The summed E-state index contributed by atoms with van der Waals surface area (Å²) in [5, 5.41) is 10.0. The SMILES string of the molecule is O=C(CSc1ncc(CO)n1Cc1c(F)cccc1F)N1CCCc2ccccc21. The summed E-state index contributed by atoms with van der Waals surface area (Å²) in [6.45, 7) is 0.224. The third-order valence-corrected chi connectivity index (χ3v) is 6.15. The molecule has 156 valence electrons. The Bertz CT molecular complexity index is 1050. The number of rotatable bonds is 6. The van der Waals surface area contributed by atoms with Gasteiger partial charge in [-0.25, -0.2) is 13.8 Å². The van der Waals surface area contributed by atoms with Gasteiger partial charge < -0.3 is 14.6 Å². The molecular formula is C22H21F2N3O2S. The van der Waals surface area contributed by atoms with Crippen molar-refractivity contribution < 1.29 is 18.7 Å². The molecule has 0 bridgehead atoms. The van der Waals surface area contributed by atoms with Gasteiger partial charge in [-0.2, -0.15) is 0 Å². The van der Waals surface area contributed by atoms with Crippen molar-refractivity contribution in [3.63, 3.8) is 0 Å². The summed E-state index contributed by atoms with van der Waals surface area (Å²) in [6.07, 6.45) is 3.32. The molecule has 0 saturated carbocycles. The predicted molar refractivity (Wildman–Crippen MR) is 111 cm³/mol. The lowest BCUT2D eigenvalue weighted by Crippen LogP contribution is -2.36. The third-order valence-electron chi connectivity index (χ3n) is 5.18. The zero-order chi connectivity index (χ0) is 21.1. The summed E-state index contributed by atoms with van der Waals surface area (Å²) >= 11 is 1.20. The van der Waals surface area contributed by atoms with Crippen molar-refractivity contribution in [2.45, 2.75) is 31.1 Å². The van der Waals surface area contributed by atoms with Gasteiger partial charge in [0, 0.05) is 17.8 Å². The summed E-state index contributed by atoms with van der Waals surface area (Å²) < 4.78 is 29.8. The highest BCUT2D eigenvalue weighted by molar-refractivity contribution is 7.99. The highest BCUT2D eigenvalue weighted by atomic mass is 32.2. The molecule has 0 radical (unpaired) electrons. The van der Waals surface area contributed by atoms with E-state index in [9.17, 15) is 18.7 Å². The third kappa shape index (κ3) is 4.11. The van der Waals surface area contributed by atoms with E-state index in [1.54, 1.807) is 9.47 Å². The number of anilines is 1. The van der Waals surface area contributed by atoms with Gasteiger partial charge in [-0.15, -0.1) is 0 Å². The van der Waals surface area contributed by atoms with Crippen LogP contribution in [0, 0.1) is 11.6 Å². The van der Waals surface area contributed by atoms with Crippen molar-refractivity contribution in [3.05, 3.63) is 77.1 Å². The first kappa shape index (κ1) is 20.6. The molecule has 0 unspecified atom stereocenters. The van der Waals surface area contributed by atoms with E-state index in [2.05, 4.69) is 4.98 Å². The molecule has 8 heteroatoms. The molecule has 1 aliphatic rings. The molecule has 0 fully saturated rings. The quantitative estimate of drug-likeness (QED) is 0.606. The molecule has 0 spiro atoms. The minimum atomic E-state index is -0.662. The topological polar surface area (TPSA) is 58.4 Å². The number of benzene rings is 2. The van der Waals surface area contributed by atoms with Crippen LogP contribution in [0.1, 0.15) is 23.2 Å². The highest BCUT2D eigenvalue weighted by Crippen LogP contribution is 2.29. The van der Waals surface area contributed by atoms with Crippen LogP contribution in [0.15, 0.2) is 53.8 Å². The van der Waals surface area contributed by atoms with Crippen molar-refractivity contribution in [1.29, 1.82) is 0 Å². The molecular weight excluding hydrogens is 408 g/mol. The Hall–Kier alpha value is -2.71. The monoisotopic (exact) mass is 429 g/mol. The number of para-hydroxylation sites is 1. The van der Waals surface area contributed by atoms with Crippen LogP contribution in [0.2, 0.25) is 0 Å². The number of aryl methyl sites for hydroxylation is 1. The van der Waals surface area contributed by atoms with E-state index in [1.165, 1.54) is 36.2 Å². The summed E-state index contributed by atoms with van der Waals surface area (Å²) in [6, 6.07) is 11.6. The smallest absolute Gasteiger partial charge is 0.237 e. The van der Waals surface area contributed by atoms with Crippen molar-refractivity contribution in [1.82, 2.24) is 9.55 Å². The van der Waals surface area contributed by atoms with Crippen LogP contribution < -0.4 is 4.90 Å². The molecule has 0 aliphatic carbocycles. The van der Waals surface area contributed by atoms with Gasteiger partial charge >= 0.3 is 0 Å². The Labute approximate surface area is 177 Å². The van der Waals surface area contributed by atoms with E-state index in [-0.39, 0.29) is 30.4 Å². The Kier molecular flexibility index (Phi) is 6.15. The number of amides is 1. The number of imidazole rings is 1. The molecule has 2 aromatic carbocycles. The van der Waals surface area contributed by atoms with E-state index in [0.717, 1.165) is 24.1 Å². The van der Waals surface area contributed by atoms with Gasteiger partial charge in [0.05, 0.1) is 30.8 Å². The lowest BCUT2D eigenvalue weighted by atomic mass is 10.0. The van der Waals surface area contributed by atoms with E-state index < -0.39 is 11.6 Å². The number of carbonyl (C=O) groups excluding carboxylic acids is 1. The summed E-state index contributed by atoms with van der Waals surface area (Å²) in [5.41, 5.74) is 2.41. The number of carbonyl (C=O) groups is 1. The average molecular weight is 429 g/mol. The fraction of sp³-hybridized carbons (Fsp3) is 0.273. The lowest BCUT2D eigenvalue weighted by Gasteiger charge is -2.29. The predicted octanol–water partition coefficient (Wildman–Crippen LogP) is 3.77. The zero-order valence-electron chi connectivity index (χ0n) is 16.2. The van der Waals surface area contributed by atoms with Crippen molar-refractivity contribution in [2.75, 3.05) is 17.2 Å². The number of fused-ring (bicyclic) bond motifs is 1. The number of thioether (sulfide) groups is 1. The van der Waals surface area contributed by atoms with E-state index in [0.29, 0.717) is 17.4 Å². The molecule has 5 nitrogen and oxygen atoms in total. The number of aromatic nitrogens is 2. The first-order valence-corrected chi connectivity index (χ1v) is 10.7. The fourth-order valence-corrected chi connectivity index (χ4v) is 4.51. The maximum Gasteiger partial charge on any atom is 0.237 e. The van der Waals surface area contributed by atoms with Crippen LogP contribution >= 0.6 is 11.8 Å². The van der Waals surface area contributed by atoms with Crippen molar-refractivity contribution in [2.24, 2.45) is 0 Å². The Morgan fingerprint density at radius 1 is 1.13 bits per heavy atom. The second-order valence-corrected chi connectivity index (χ2v) is 7.99. The number of hydrogen-bond acceptors (Lipinski definition) is 4. The summed E-state index contributed by atoms with van der Waals surface area (Å²) in [5.74, 6) is -1.24. The van der Waals surface area contributed by atoms with Gasteiger partial charge in [-0.1, -0.05) is 36.0 Å². The molecule has 1 aromatic heterocycles. The highest BCUT2D eigenvalue weighted by Gasteiger charge is 2.23. The van der Waals surface area contributed by atoms with Crippen LogP contribution in [0.25, 0.3) is 0 Å². The van der Waals surface area contributed by atoms with Crippen LogP contribution in [-0.2, 0) is 24.4 Å². The van der Waals surface area contributed by atoms with Crippen LogP contribution in [-0.4, -0.2) is 32.9 Å². The lowest BCUT2D eigenvalue weighted by molar-refractivity contribution is -0.116. The molecule has 1 N–H and O–H groups in total. The average Bonchev–Trinajstić information content (AvgIpc) is 3.15. The molecule has 30 heavy (non-hydrogen) atoms. The molecule has 0 saturated heterocycles. The second-order valence-electron chi connectivity index (χ2n) is 7.04. The van der Waals surface area contributed by atoms with Gasteiger partial charge in [0.2, 0.25) is 5.91 Å². The van der Waals surface area contributed by atoms with E-state index in [4.69, 9.17) is 0 Å². The number of aliphatic hydroxyl groups is 1. The zero-order valence-corrected chi connectivity index (χ0v) is 17.0. The molecule has 0 atom stereocenters. The number of hydrogen-bond donors (Lipinski definition) is 1. The Balaban J connectivity index is 1.52. The van der Waals surface area contributed by atoms with Gasteiger partial charge in [0.25, 0.3) is 0 Å². The maximum absolute atomic E-state index is 14.1. The largest absolute Gasteiger partial charge is 0.390 e. The summed E-state index contributed by atoms with van der Waals surface area (Å²) in [7, 11) is 0. The van der Waals surface area contributed by atoms with Gasteiger partial charge in [-0.3, -0.25) is 4.79 Å². The number of nitrogens with zero attached hydrogens (tertiary/aromatic N) is 3. The molecule has 3 aromatic rings. The fourth-order valence-electron chi connectivity index (χ4n) is 3.64. The van der Waals surface area contributed by atoms with Gasteiger partial charge in [0.15, 0.2) is 5.16 Å². The number of aliphatic hydroxyl groups excluding tert-OH is 1. The van der Waals surface area contributed by atoms with Crippen LogP contribution in [0.5, 0.6) is 0 Å². The van der Waals surface area contributed by atoms with Gasteiger partial charge in [-0.05, 0) is 36.6 Å². The second kappa shape index (κ2) is 8.97. The first-order valence-electron chi connectivity index (χ1n) is 9.67. The standard InChI is InChI=1S/C22H21F2N3O2S/c23-18-7-3-8-19(24)17(18)12-27-16(13-28)11-25-22(27)30-14-21(29)26-10-4-6-15-5-1-2-9-20(15)26/h1-3,5,7-9,11,28H,4,6,10,12-14H2. The van der Waals surface area contributed by atoms with Crippen LogP contribution in [0.3, 0.4) is 0 Å². The molecule has 2 heterocycles. The first-order chi connectivity index (χ1) is 14.6. The van der Waals surface area contributed by atoms with Crippen molar-refractivity contribution >= 4 is 23.4 Å². The van der Waals surface area contributed by atoms with Gasteiger partial charge in [0.1, 0.15) is 11.6 Å². The molecule has 1 aliphatic heterocycles. The van der Waals surface area contributed by atoms with E-state index >= 15 is 0 Å². The maximum atomic E-state index is 14.1. The minimum absolute atomic E-state index is 0.0516. The molecule has 4 rings (SSSR count). The van der Waals surface area contributed by atoms with Crippen LogP contribution in [0.4, 0.5) is 14.5 Å². The number of halogens is 2. The minimum Gasteiger partial charge on any atom is -0.390 e. The Morgan fingerprint density at radius 2 is 1.90 bits per heavy atom. The van der Waals surface area contributed by atoms with Crippen molar-refractivity contribution in [3.8, 4) is 0 Å². The Morgan fingerprint density at radius 3 is 2.67 bits per heavy atom. The normalized spacial score (nSPS) is 13.4.